The van der Waals surface area contributed by atoms with E-state index in [9.17, 15) is 13.2 Å². The highest BCUT2D eigenvalue weighted by Crippen LogP contribution is 2.20. The molecule has 1 aromatic carbocycles. The molecule has 1 saturated carbocycles. The van der Waals surface area contributed by atoms with Crippen LogP contribution in [-0.4, -0.2) is 30.6 Å². The number of carbonyl (C=O) groups is 1. The molecule has 0 radical (unpaired) electrons. The van der Waals surface area contributed by atoms with Crippen LogP contribution in [0, 0.1) is 0 Å². The second kappa shape index (κ2) is 5.21. The van der Waals surface area contributed by atoms with Crippen LogP contribution in [-0.2, 0) is 10.0 Å². The Labute approximate surface area is 121 Å². The summed E-state index contributed by atoms with van der Waals surface area (Å²) >= 11 is 0. The van der Waals surface area contributed by atoms with Gasteiger partial charge in [0.15, 0.2) is 0 Å². The number of nitrogens with zero attached hydrogens (tertiary/aromatic N) is 1. The maximum Gasteiger partial charge on any atom is 0.265 e. The number of nitrogens with one attached hydrogen (secondary N) is 3. The van der Waals surface area contributed by atoms with Crippen LogP contribution in [0.5, 0.6) is 0 Å². The van der Waals surface area contributed by atoms with Crippen molar-refractivity contribution in [1.82, 2.24) is 15.5 Å². The highest BCUT2D eigenvalue weighted by atomic mass is 32.2. The highest BCUT2D eigenvalue weighted by molar-refractivity contribution is 7.92. The third kappa shape index (κ3) is 3.22. The molecule has 3 N–H and O–H groups in total. The standard InChI is InChI=1S/C13H14N4O3S/c18-13(16-10-5-6-10)9-1-3-11(4-2-9)17-21(19,20)12-7-14-15-8-12/h1-4,7-8,10,17H,5-6H2,(H,14,15)(H,16,18). The molecule has 1 amide bonds. The lowest BCUT2D eigenvalue weighted by Gasteiger charge is -2.07. The Kier molecular flexibility index (Phi) is 3.38. The number of H-pyrrole nitrogens is 1. The summed E-state index contributed by atoms with van der Waals surface area (Å²) in [6, 6.07) is 6.58. The molecule has 21 heavy (non-hydrogen) atoms. The van der Waals surface area contributed by atoms with Gasteiger partial charge in [0, 0.05) is 23.5 Å². The Morgan fingerprint density at radius 3 is 2.52 bits per heavy atom. The predicted octanol–water partition coefficient (Wildman–Crippen LogP) is 1.10. The second-order valence-corrected chi connectivity index (χ2v) is 6.55. The van der Waals surface area contributed by atoms with Gasteiger partial charge in [-0.3, -0.25) is 14.6 Å². The Morgan fingerprint density at radius 2 is 1.95 bits per heavy atom. The summed E-state index contributed by atoms with van der Waals surface area (Å²) < 4.78 is 26.4. The zero-order chi connectivity index (χ0) is 14.9. The van der Waals surface area contributed by atoms with Crippen molar-refractivity contribution in [3.05, 3.63) is 42.2 Å². The summed E-state index contributed by atoms with van der Waals surface area (Å²) in [6.45, 7) is 0. The highest BCUT2D eigenvalue weighted by Gasteiger charge is 2.23. The van der Waals surface area contributed by atoms with Crippen LogP contribution >= 0.6 is 0 Å². The maximum absolute atomic E-state index is 12.0. The molecule has 0 saturated heterocycles. The van der Waals surface area contributed by atoms with Gasteiger partial charge in [-0.25, -0.2) is 8.42 Å². The Morgan fingerprint density at radius 1 is 1.24 bits per heavy atom. The fourth-order valence-electron chi connectivity index (χ4n) is 1.79. The summed E-state index contributed by atoms with van der Waals surface area (Å²) in [4.78, 5) is 11.9. The Hall–Kier alpha value is -2.35. The van der Waals surface area contributed by atoms with Crippen LogP contribution in [0.4, 0.5) is 5.69 Å². The second-order valence-electron chi connectivity index (χ2n) is 4.86. The number of amides is 1. The topological polar surface area (TPSA) is 104 Å². The normalized spacial score (nSPS) is 14.7. The van der Waals surface area contributed by atoms with Gasteiger partial charge < -0.3 is 5.32 Å². The average Bonchev–Trinajstić information content (AvgIpc) is 3.07. The van der Waals surface area contributed by atoms with Crippen molar-refractivity contribution in [2.75, 3.05) is 4.72 Å². The molecule has 0 spiro atoms. The molecule has 1 aliphatic rings. The lowest BCUT2D eigenvalue weighted by molar-refractivity contribution is 0.0951. The quantitative estimate of drug-likeness (QED) is 0.769. The van der Waals surface area contributed by atoms with Crippen LogP contribution < -0.4 is 10.0 Å². The number of benzene rings is 1. The van der Waals surface area contributed by atoms with Gasteiger partial charge in [-0.15, -0.1) is 0 Å². The van der Waals surface area contributed by atoms with Crippen LogP contribution in [0.2, 0.25) is 0 Å². The number of aromatic nitrogens is 2. The molecule has 1 aliphatic carbocycles. The smallest absolute Gasteiger partial charge is 0.265 e. The SMILES string of the molecule is O=C(NC1CC1)c1ccc(NS(=O)(=O)c2cn[nH]c2)cc1. The van der Waals surface area contributed by atoms with E-state index in [2.05, 4.69) is 20.2 Å². The summed E-state index contributed by atoms with van der Waals surface area (Å²) in [6.07, 6.45) is 4.56. The van der Waals surface area contributed by atoms with Crippen molar-refractivity contribution >= 4 is 21.6 Å². The molecule has 7 nitrogen and oxygen atoms in total. The number of rotatable bonds is 5. The van der Waals surface area contributed by atoms with Crippen molar-refractivity contribution < 1.29 is 13.2 Å². The first-order valence-electron chi connectivity index (χ1n) is 6.47. The lowest BCUT2D eigenvalue weighted by atomic mass is 10.2. The van der Waals surface area contributed by atoms with Crippen molar-refractivity contribution in [3.8, 4) is 0 Å². The molecule has 1 aromatic heterocycles. The molecule has 0 unspecified atom stereocenters. The summed E-state index contributed by atoms with van der Waals surface area (Å²) in [5, 5.41) is 8.92. The minimum absolute atomic E-state index is 0.0538. The van der Waals surface area contributed by atoms with E-state index in [1.54, 1.807) is 24.3 Å². The number of sulfonamides is 1. The molecule has 0 atom stereocenters. The van der Waals surface area contributed by atoms with Crippen LogP contribution in [0.3, 0.4) is 0 Å². The molecule has 110 valence electrons. The van der Waals surface area contributed by atoms with E-state index in [1.807, 2.05) is 0 Å². The van der Waals surface area contributed by atoms with E-state index in [4.69, 9.17) is 0 Å². The van der Waals surface area contributed by atoms with Gasteiger partial charge in [-0.05, 0) is 37.1 Å². The summed E-state index contributed by atoms with van der Waals surface area (Å²) in [5.74, 6) is -0.137. The van der Waals surface area contributed by atoms with E-state index in [-0.39, 0.29) is 16.8 Å². The van der Waals surface area contributed by atoms with E-state index in [0.717, 1.165) is 12.8 Å². The maximum atomic E-state index is 12.0. The minimum atomic E-state index is -3.66. The molecule has 0 bridgehead atoms. The molecular weight excluding hydrogens is 292 g/mol. The third-order valence-corrected chi connectivity index (χ3v) is 4.44. The third-order valence-electron chi connectivity index (χ3n) is 3.10. The van der Waals surface area contributed by atoms with Crippen LogP contribution in [0.1, 0.15) is 23.2 Å². The van der Waals surface area contributed by atoms with Gasteiger partial charge in [0.1, 0.15) is 4.90 Å². The number of hydrogen-bond donors (Lipinski definition) is 3. The molecule has 8 heteroatoms. The van der Waals surface area contributed by atoms with Crippen LogP contribution in [0.25, 0.3) is 0 Å². The van der Waals surface area contributed by atoms with Crippen molar-refractivity contribution in [3.63, 3.8) is 0 Å². The van der Waals surface area contributed by atoms with Crippen molar-refractivity contribution in [2.24, 2.45) is 0 Å². The molecule has 2 aromatic rings. The minimum Gasteiger partial charge on any atom is -0.349 e. The predicted molar refractivity (Wildman–Crippen MR) is 76.3 cm³/mol. The Bertz CT molecular complexity index is 734. The summed E-state index contributed by atoms with van der Waals surface area (Å²) in [5.41, 5.74) is 0.896. The first-order valence-corrected chi connectivity index (χ1v) is 7.95. The van der Waals surface area contributed by atoms with Gasteiger partial charge in [0.05, 0.1) is 6.20 Å². The molecule has 1 heterocycles. The van der Waals surface area contributed by atoms with Gasteiger partial charge >= 0.3 is 0 Å². The largest absolute Gasteiger partial charge is 0.349 e. The van der Waals surface area contributed by atoms with Gasteiger partial charge in [0.25, 0.3) is 15.9 Å². The van der Waals surface area contributed by atoms with E-state index < -0.39 is 10.0 Å². The molecule has 3 rings (SSSR count). The number of anilines is 1. The first-order chi connectivity index (χ1) is 10.0. The van der Waals surface area contributed by atoms with Crippen molar-refractivity contribution in [2.45, 2.75) is 23.8 Å². The average molecular weight is 306 g/mol. The first kappa shape index (κ1) is 13.6. The number of aromatic amines is 1. The van der Waals surface area contributed by atoms with Gasteiger partial charge in [-0.1, -0.05) is 0 Å². The molecule has 1 fully saturated rings. The molecule has 0 aliphatic heterocycles. The zero-order valence-corrected chi connectivity index (χ0v) is 11.9. The zero-order valence-electron chi connectivity index (χ0n) is 11.0. The molecular formula is C13H14N4O3S. The van der Waals surface area contributed by atoms with Crippen molar-refractivity contribution in [1.29, 1.82) is 0 Å². The number of carbonyl (C=O) groups excluding carboxylic acids is 1. The summed E-state index contributed by atoms with van der Waals surface area (Å²) in [7, 11) is -3.66. The van der Waals surface area contributed by atoms with E-state index in [0.29, 0.717) is 11.3 Å². The lowest BCUT2D eigenvalue weighted by Crippen LogP contribution is -2.25. The fraction of sp³-hybridized carbons (Fsp3) is 0.231. The monoisotopic (exact) mass is 306 g/mol. The van der Waals surface area contributed by atoms with Gasteiger partial charge in [0.2, 0.25) is 0 Å². The fourth-order valence-corrected chi connectivity index (χ4v) is 2.75. The Balaban J connectivity index is 1.71. The number of hydrogen-bond acceptors (Lipinski definition) is 4. The van der Waals surface area contributed by atoms with Crippen LogP contribution in [0.15, 0.2) is 41.6 Å². The van der Waals surface area contributed by atoms with Gasteiger partial charge in [-0.2, -0.15) is 5.10 Å². The van der Waals surface area contributed by atoms with E-state index >= 15 is 0 Å². The van der Waals surface area contributed by atoms with E-state index in [1.165, 1.54) is 12.4 Å².